The number of aliphatic hydroxyl groups excluding tert-OH is 13. The summed E-state index contributed by atoms with van der Waals surface area (Å²) in [5.74, 6) is -0.744. The molecule has 8 rings (SSSR count). The molecule has 4 heterocycles. The van der Waals surface area contributed by atoms with Gasteiger partial charge in [0.25, 0.3) is 0 Å². The Morgan fingerprint density at radius 2 is 1.18 bits per heavy atom. The highest BCUT2D eigenvalue weighted by atomic mass is 16.8. The Bertz CT molecular complexity index is 1710. The number of fused-ring (bicyclic) bond motifs is 3. The lowest BCUT2D eigenvalue weighted by Crippen LogP contribution is -2.67. The lowest BCUT2D eigenvalue weighted by Gasteiger charge is -2.64. The Labute approximate surface area is 375 Å². The summed E-state index contributed by atoms with van der Waals surface area (Å²) in [4.78, 5) is 14.3. The molecule has 4 saturated heterocycles. The highest BCUT2D eigenvalue weighted by Gasteiger charge is 2.69. The first-order valence-electron chi connectivity index (χ1n) is 22.8. The molecule has 0 radical (unpaired) electrons. The fourth-order valence-electron chi connectivity index (χ4n) is 13.2. The van der Waals surface area contributed by atoms with Gasteiger partial charge in [-0.25, -0.2) is 0 Å². The van der Waals surface area contributed by atoms with E-state index in [0.29, 0.717) is 51.4 Å². The van der Waals surface area contributed by atoms with Crippen molar-refractivity contribution in [2.24, 2.45) is 28.1 Å². The van der Waals surface area contributed by atoms with Crippen molar-refractivity contribution in [3.8, 4) is 0 Å². The van der Waals surface area contributed by atoms with Crippen LogP contribution in [0.15, 0.2) is 12.2 Å². The minimum absolute atomic E-state index is 0.0525. The van der Waals surface area contributed by atoms with Crippen LogP contribution in [0.1, 0.15) is 71.6 Å². The van der Waals surface area contributed by atoms with Crippen LogP contribution in [0.25, 0.3) is 0 Å². The smallest absolute Gasteiger partial charge is 0.314 e. The summed E-state index contributed by atoms with van der Waals surface area (Å²) in [7, 11) is 0. The van der Waals surface area contributed by atoms with Crippen LogP contribution < -0.4 is 0 Å². The summed E-state index contributed by atoms with van der Waals surface area (Å²) in [6, 6.07) is 0. The molecule has 0 aromatic rings. The average Bonchev–Trinajstić information content (AvgIpc) is 3.48. The number of ether oxygens (including phenoxy) is 8. The third kappa shape index (κ3) is 8.32. The zero-order chi connectivity index (χ0) is 47.1. The van der Waals surface area contributed by atoms with Crippen molar-refractivity contribution in [1.29, 1.82) is 0 Å². The average molecular weight is 937 g/mol. The standard InChI is InChI=1S/C43H68O22/c1-17-11-42-9-5-22-40(2,7-4-8-41(22,3)39(57)64-37-32(56)29(53)26(50)20(13-45)60-37)23(42)6-10-43(17,16-42)65-38-34(63-35-30(54)24(48)18(47)15-58-35)33(27(51)21(14-46)61-38)62-36-31(55)28(52)25(49)19(12-44)59-36/h18-38,44-56H,1,4-16H2,2-3H3/t18-,19?,20?,21?,22?,23+,24?,25-,26-,27-,28+,29+,30?,31?,32?,33+,34?,35+,36+,37+,38+,40-,41-,42-,43?/m1/s1. The Morgan fingerprint density at radius 3 is 1.83 bits per heavy atom. The molecule has 4 saturated carbocycles. The van der Waals surface area contributed by atoms with Gasteiger partial charge in [0.2, 0.25) is 6.29 Å². The molecule has 0 amide bonds. The first-order valence-corrected chi connectivity index (χ1v) is 22.8. The van der Waals surface area contributed by atoms with Crippen molar-refractivity contribution in [3.63, 3.8) is 0 Å². The van der Waals surface area contributed by atoms with Crippen LogP contribution in [0.2, 0.25) is 0 Å². The van der Waals surface area contributed by atoms with E-state index < -0.39 is 166 Å². The maximum atomic E-state index is 14.3. The predicted molar refractivity (Wildman–Crippen MR) is 213 cm³/mol. The maximum absolute atomic E-state index is 14.3. The van der Waals surface area contributed by atoms with Crippen LogP contribution in [0.4, 0.5) is 0 Å². The van der Waals surface area contributed by atoms with E-state index in [0.717, 1.165) is 12.0 Å². The normalized spacial score (nSPS) is 54.7. The molecule has 13 N–H and O–H groups in total. The molecular formula is C43H68O22. The van der Waals surface area contributed by atoms with Crippen LogP contribution >= 0.6 is 0 Å². The van der Waals surface area contributed by atoms with Gasteiger partial charge in [-0.3, -0.25) is 4.79 Å². The van der Waals surface area contributed by atoms with Crippen LogP contribution in [0.3, 0.4) is 0 Å². The number of carbonyl (C=O) groups is 1. The zero-order valence-electron chi connectivity index (χ0n) is 36.5. The van der Waals surface area contributed by atoms with Gasteiger partial charge in [-0.15, -0.1) is 0 Å². The number of aliphatic hydroxyl groups is 13. The van der Waals surface area contributed by atoms with Gasteiger partial charge in [0.1, 0.15) is 91.6 Å². The summed E-state index contributed by atoms with van der Waals surface area (Å²) in [6.07, 6.45) is -26.1. The monoisotopic (exact) mass is 936 g/mol. The number of hydrogen-bond acceptors (Lipinski definition) is 22. The molecule has 8 fully saturated rings. The topological polar surface area (TPSA) is 354 Å². The molecular weight excluding hydrogens is 868 g/mol. The van der Waals surface area contributed by atoms with E-state index in [4.69, 9.17) is 37.9 Å². The molecule has 1 spiro atoms. The zero-order valence-corrected chi connectivity index (χ0v) is 36.5. The molecule has 4 aliphatic heterocycles. The van der Waals surface area contributed by atoms with E-state index in [1.165, 1.54) is 0 Å². The molecule has 65 heavy (non-hydrogen) atoms. The van der Waals surface area contributed by atoms with Crippen molar-refractivity contribution in [3.05, 3.63) is 12.2 Å². The van der Waals surface area contributed by atoms with E-state index in [9.17, 15) is 71.2 Å². The SMILES string of the molecule is C=C1C[C@@]23CCC4[C@](C)(C(=O)O[C@@H]5OC(CO)[C@@H](O)[C@H](O)C5O)CCC[C@@]4(C)[C@@H]2CCC1(O[C@@H]1OC(CO)[C@@H](O)[C@H](O[C@@H]2OC(CO)[C@@H](O)[C@H](O)C2O)C1O[C@@H]1OC[C@@H](O)C(O)C1O)C3. The van der Waals surface area contributed by atoms with Crippen LogP contribution in [-0.2, 0) is 42.7 Å². The summed E-state index contributed by atoms with van der Waals surface area (Å²) in [5, 5.41) is 137. The highest BCUT2D eigenvalue weighted by Crippen LogP contribution is 2.73. The fraction of sp³-hybridized carbons (Fsp3) is 0.930. The second-order valence-electron chi connectivity index (χ2n) is 20.4. The molecule has 4 aliphatic carbocycles. The third-order valence-corrected chi connectivity index (χ3v) is 16.7. The van der Waals surface area contributed by atoms with E-state index >= 15 is 0 Å². The second-order valence-corrected chi connectivity index (χ2v) is 20.4. The first-order chi connectivity index (χ1) is 30.7. The van der Waals surface area contributed by atoms with Crippen LogP contribution in [0.5, 0.6) is 0 Å². The molecule has 22 nitrogen and oxygen atoms in total. The van der Waals surface area contributed by atoms with Gasteiger partial charge in [0.05, 0.1) is 37.4 Å². The summed E-state index contributed by atoms with van der Waals surface area (Å²) < 4.78 is 48.1. The van der Waals surface area contributed by atoms with Gasteiger partial charge in [-0.05, 0) is 86.5 Å². The first kappa shape index (κ1) is 49.8. The van der Waals surface area contributed by atoms with Crippen molar-refractivity contribution in [1.82, 2.24) is 0 Å². The highest BCUT2D eigenvalue weighted by molar-refractivity contribution is 5.77. The summed E-state index contributed by atoms with van der Waals surface area (Å²) >= 11 is 0. The van der Waals surface area contributed by atoms with E-state index in [1.807, 2.05) is 6.92 Å². The van der Waals surface area contributed by atoms with Gasteiger partial charge in [-0.1, -0.05) is 19.9 Å². The van der Waals surface area contributed by atoms with E-state index in [2.05, 4.69) is 13.5 Å². The van der Waals surface area contributed by atoms with Gasteiger partial charge >= 0.3 is 5.97 Å². The maximum Gasteiger partial charge on any atom is 0.314 e. The lowest BCUT2D eigenvalue weighted by molar-refractivity contribution is -0.395. The summed E-state index contributed by atoms with van der Waals surface area (Å²) in [5.41, 5.74) is -2.17. The van der Waals surface area contributed by atoms with Crippen molar-refractivity contribution in [2.75, 3.05) is 26.4 Å². The van der Waals surface area contributed by atoms with Gasteiger partial charge < -0.3 is 104 Å². The van der Waals surface area contributed by atoms with Gasteiger partial charge in [0.15, 0.2) is 18.9 Å². The largest absolute Gasteiger partial charge is 0.432 e. The molecule has 0 aromatic carbocycles. The predicted octanol–water partition coefficient (Wildman–Crippen LogP) is -4.47. The number of hydrogen-bond donors (Lipinski definition) is 13. The molecule has 372 valence electrons. The Balaban J connectivity index is 1.05. The molecule has 2 bridgehead atoms. The van der Waals surface area contributed by atoms with Crippen LogP contribution in [0, 0.1) is 28.1 Å². The van der Waals surface area contributed by atoms with E-state index in [1.54, 1.807) is 0 Å². The third-order valence-electron chi connectivity index (χ3n) is 16.7. The molecule has 10 unspecified atom stereocenters. The number of carbonyl (C=O) groups excluding carboxylic acids is 1. The van der Waals surface area contributed by atoms with Crippen LogP contribution in [-0.4, -0.2) is 221 Å². The van der Waals surface area contributed by atoms with Crippen molar-refractivity contribution < 1.29 is 109 Å². The Hall–Kier alpha value is -1.59. The van der Waals surface area contributed by atoms with E-state index in [-0.39, 0.29) is 17.3 Å². The second kappa shape index (κ2) is 18.6. The fourth-order valence-corrected chi connectivity index (χ4v) is 13.2. The summed E-state index contributed by atoms with van der Waals surface area (Å²) in [6.45, 7) is 5.86. The molecule has 22 heteroatoms. The minimum Gasteiger partial charge on any atom is -0.432 e. The quantitative estimate of drug-likeness (QED) is 0.0528. The van der Waals surface area contributed by atoms with Crippen molar-refractivity contribution >= 4 is 5.97 Å². The Kier molecular flexibility index (Phi) is 14.3. The van der Waals surface area contributed by atoms with Gasteiger partial charge in [0, 0.05) is 0 Å². The number of esters is 1. The molecule has 25 atom stereocenters. The Morgan fingerprint density at radius 1 is 0.631 bits per heavy atom. The minimum atomic E-state index is -1.92. The number of rotatable bonds is 11. The lowest BCUT2D eigenvalue weighted by atomic mass is 9.41. The molecule has 8 aliphatic rings. The van der Waals surface area contributed by atoms with Crippen molar-refractivity contribution in [2.45, 2.75) is 194 Å². The van der Waals surface area contributed by atoms with Gasteiger partial charge in [-0.2, -0.15) is 0 Å². The molecule has 0 aromatic heterocycles.